The van der Waals surface area contributed by atoms with Gasteiger partial charge in [-0.15, -0.1) is 0 Å². The van der Waals surface area contributed by atoms with Crippen LogP contribution in [0, 0.1) is 11.6 Å². The van der Waals surface area contributed by atoms with E-state index in [1.165, 1.54) is 0 Å². The number of ether oxygens (including phenoxy) is 2. The Kier molecular flexibility index (Phi) is 4.31. The van der Waals surface area contributed by atoms with Crippen LogP contribution in [0.5, 0.6) is 0 Å². The molecule has 1 aliphatic heterocycles. The summed E-state index contributed by atoms with van der Waals surface area (Å²) in [5, 5.41) is 0. The lowest BCUT2D eigenvalue weighted by atomic mass is 10.1. The topological polar surface area (TPSA) is 61.6 Å². The zero-order valence-electron chi connectivity index (χ0n) is 10.3. The molecule has 0 radical (unpaired) electrons. The summed E-state index contributed by atoms with van der Waals surface area (Å²) in [5.41, 5.74) is 5.14. The summed E-state index contributed by atoms with van der Waals surface area (Å²) in [5.74, 6) is -3.00. The van der Waals surface area contributed by atoms with Gasteiger partial charge in [0.1, 0.15) is 6.61 Å². The van der Waals surface area contributed by atoms with E-state index in [-0.39, 0.29) is 24.0 Å². The largest absolute Gasteiger partial charge is 0.459 e. The zero-order chi connectivity index (χ0) is 13.8. The first-order chi connectivity index (χ1) is 9.08. The molecule has 1 fully saturated rings. The Morgan fingerprint density at radius 3 is 2.79 bits per heavy atom. The van der Waals surface area contributed by atoms with Gasteiger partial charge in [-0.1, -0.05) is 0 Å². The van der Waals surface area contributed by atoms with Gasteiger partial charge < -0.3 is 15.2 Å². The Morgan fingerprint density at radius 2 is 2.11 bits per heavy atom. The van der Waals surface area contributed by atoms with Crippen LogP contribution in [0.15, 0.2) is 12.1 Å². The second-order valence-corrected chi connectivity index (χ2v) is 4.44. The third-order valence-corrected chi connectivity index (χ3v) is 2.99. The molecule has 1 atom stereocenters. The third kappa shape index (κ3) is 3.41. The van der Waals surface area contributed by atoms with Gasteiger partial charge in [-0.25, -0.2) is 13.6 Å². The number of nitrogens with two attached hydrogens (primary N) is 1. The Bertz CT molecular complexity index is 473. The van der Waals surface area contributed by atoms with Crippen molar-refractivity contribution in [1.82, 2.24) is 0 Å². The molecule has 6 heteroatoms. The van der Waals surface area contributed by atoms with Crippen molar-refractivity contribution < 1.29 is 23.0 Å². The predicted octanol–water partition coefficient (Wildman–Crippen LogP) is 2.27. The number of esters is 1. The molecule has 4 nitrogen and oxygen atoms in total. The minimum absolute atomic E-state index is 0.0945. The highest BCUT2D eigenvalue weighted by molar-refractivity contribution is 5.95. The lowest BCUT2D eigenvalue weighted by Gasteiger charge is -2.22. The predicted molar refractivity (Wildman–Crippen MR) is 64.6 cm³/mol. The van der Waals surface area contributed by atoms with Crippen molar-refractivity contribution in [2.45, 2.75) is 25.4 Å². The maximum atomic E-state index is 13.1. The number of carbonyl (C=O) groups excluding carboxylic acids is 1. The lowest BCUT2D eigenvalue weighted by molar-refractivity contribution is -0.0300. The molecule has 0 aliphatic carbocycles. The number of rotatable bonds is 3. The molecule has 104 valence electrons. The van der Waals surface area contributed by atoms with Gasteiger partial charge in [0.25, 0.3) is 0 Å². The van der Waals surface area contributed by atoms with E-state index in [9.17, 15) is 13.6 Å². The molecule has 1 unspecified atom stereocenters. The van der Waals surface area contributed by atoms with Crippen molar-refractivity contribution in [3.8, 4) is 0 Å². The first-order valence-electron chi connectivity index (χ1n) is 6.11. The van der Waals surface area contributed by atoms with Crippen LogP contribution in [0.3, 0.4) is 0 Å². The minimum atomic E-state index is -1.13. The number of hydrogen-bond acceptors (Lipinski definition) is 4. The first-order valence-corrected chi connectivity index (χ1v) is 6.11. The summed E-state index contributed by atoms with van der Waals surface area (Å²) in [7, 11) is 0. The zero-order valence-corrected chi connectivity index (χ0v) is 10.3. The fourth-order valence-corrected chi connectivity index (χ4v) is 1.92. The van der Waals surface area contributed by atoms with Crippen LogP contribution in [0.2, 0.25) is 0 Å². The van der Waals surface area contributed by atoms with Crippen LogP contribution in [-0.2, 0) is 9.47 Å². The van der Waals surface area contributed by atoms with E-state index in [1.54, 1.807) is 0 Å². The second kappa shape index (κ2) is 5.97. The average Bonchev–Trinajstić information content (AvgIpc) is 2.41. The van der Waals surface area contributed by atoms with E-state index in [0.29, 0.717) is 6.61 Å². The minimum Gasteiger partial charge on any atom is -0.459 e. The van der Waals surface area contributed by atoms with Crippen LogP contribution in [0.4, 0.5) is 14.5 Å². The smallest absolute Gasteiger partial charge is 0.340 e. The summed E-state index contributed by atoms with van der Waals surface area (Å²) in [6.45, 7) is 0.743. The van der Waals surface area contributed by atoms with Crippen molar-refractivity contribution in [2.24, 2.45) is 0 Å². The van der Waals surface area contributed by atoms with Crippen LogP contribution in [0.1, 0.15) is 29.6 Å². The highest BCUT2D eigenvalue weighted by Crippen LogP contribution is 2.19. The third-order valence-electron chi connectivity index (χ3n) is 2.99. The maximum Gasteiger partial charge on any atom is 0.340 e. The summed E-state index contributed by atoms with van der Waals surface area (Å²) >= 11 is 0. The highest BCUT2D eigenvalue weighted by atomic mass is 19.2. The second-order valence-electron chi connectivity index (χ2n) is 4.44. The Hall–Kier alpha value is -1.69. The van der Waals surface area contributed by atoms with Crippen molar-refractivity contribution in [3.05, 3.63) is 29.3 Å². The number of anilines is 1. The summed E-state index contributed by atoms with van der Waals surface area (Å²) in [6.07, 6.45) is 2.71. The van der Waals surface area contributed by atoms with Gasteiger partial charge in [0, 0.05) is 18.4 Å². The number of halogens is 2. The van der Waals surface area contributed by atoms with Crippen molar-refractivity contribution in [1.29, 1.82) is 0 Å². The summed E-state index contributed by atoms with van der Waals surface area (Å²) in [4.78, 5) is 11.7. The molecule has 1 saturated heterocycles. The van der Waals surface area contributed by atoms with E-state index >= 15 is 0 Å². The normalized spacial score (nSPS) is 19.2. The van der Waals surface area contributed by atoms with Crippen LogP contribution >= 0.6 is 0 Å². The lowest BCUT2D eigenvalue weighted by Crippen LogP contribution is -2.26. The van der Waals surface area contributed by atoms with Gasteiger partial charge in [-0.05, 0) is 25.3 Å². The molecule has 1 aliphatic rings. The monoisotopic (exact) mass is 271 g/mol. The van der Waals surface area contributed by atoms with E-state index < -0.39 is 17.6 Å². The molecular weight excluding hydrogens is 256 g/mol. The molecule has 0 amide bonds. The number of benzene rings is 1. The van der Waals surface area contributed by atoms with Crippen molar-refractivity contribution >= 4 is 11.7 Å². The molecule has 1 aromatic rings. The van der Waals surface area contributed by atoms with Crippen molar-refractivity contribution in [3.63, 3.8) is 0 Å². The molecule has 0 bridgehead atoms. The standard InChI is InChI=1S/C13H15F2NO3/c14-10-5-9(12(16)6-11(10)15)13(17)19-7-8-3-1-2-4-18-8/h5-6,8H,1-4,7,16H2. The van der Waals surface area contributed by atoms with Crippen LogP contribution in [0.25, 0.3) is 0 Å². The van der Waals surface area contributed by atoms with E-state index in [4.69, 9.17) is 15.2 Å². The van der Waals surface area contributed by atoms with Gasteiger partial charge >= 0.3 is 5.97 Å². The molecule has 2 rings (SSSR count). The van der Waals surface area contributed by atoms with Gasteiger partial charge in [-0.3, -0.25) is 0 Å². The van der Waals surface area contributed by atoms with Gasteiger partial charge in [0.2, 0.25) is 0 Å². The molecule has 1 heterocycles. The van der Waals surface area contributed by atoms with Gasteiger partial charge in [0.15, 0.2) is 11.6 Å². The highest BCUT2D eigenvalue weighted by Gasteiger charge is 2.19. The molecule has 2 N–H and O–H groups in total. The number of carbonyl (C=O) groups is 1. The SMILES string of the molecule is Nc1cc(F)c(F)cc1C(=O)OCC1CCCCO1. The number of hydrogen-bond donors (Lipinski definition) is 1. The molecule has 0 saturated carbocycles. The first kappa shape index (κ1) is 13.7. The van der Waals surface area contributed by atoms with E-state index in [0.717, 1.165) is 31.4 Å². The molecule has 19 heavy (non-hydrogen) atoms. The quantitative estimate of drug-likeness (QED) is 0.676. The van der Waals surface area contributed by atoms with E-state index in [2.05, 4.69) is 0 Å². The fraction of sp³-hybridized carbons (Fsp3) is 0.462. The van der Waals surface area contributed by atoms with Crippen LogP contribution < -0.4 is 5.73 Å². The average molecular weight is 271 g/mol. The fourth-order valence-electron chi connectivity index (χ4n) is 1.92. The molecular formula is C13H15F2NO3. The van der Waals surface area contributed by atoms with E-state index in [1.807, 2.05) is 0 Å². The van der Waals surface area contributed by atoms with Gasteiger partial charge in [0.05, 0.1) is 11.7 Å². The van der Waals surface area contributed by atoms with Crippen LogP contribution in [-0.4, -0.2) is 25.3 Å². The molecule has 0 spiro atoms. The Morgan fingerprint density at radius 1 is 1.37 bits per heavy atom. The van der Waals surface area contributed by atoms with Gasteiger partial charge in [-0.2, -0.15) is 0 Å². The summed E-state index contributed by atoms with van der Waals surface area (Å²) < 4.78 is 36.3. The molecule has 0 aromatic heterocycles. The Labute approximate surface area is 109 Å². The Balaban J connectivity index is 1.97. The summed E-state index contributed by atoms with van der Waals surface area (Å²) in [6, 6.07) is 1.51. The number of nitrogen functional groups attached to an aromatic ring is 1. The van der Waals surface area contributed by atoms with Crippen molar-refractivity contribution in [2.75, 3.05) is 18.9 Å². The maximum absolute atomic E-state index is 13.1. The molecule has 1 aromatic carbocycles.